The van der Waals surface area contributed by atoms with Gasteiger partial charge < -0.3 is 4.74 Å². The van der Waals surface area contributed by atoms with Gasteiger partial charge in [-0.25, -0.2) is 0 Å². The molecule has 0 atom stereocenters. The number of halogens is 1. The Balaban J connectivity index is 2.73. The average Bonchev–Trinajstić information content (AvgIpc) is 2.60. The SMILES string of the molecule is CCOc1c(C)c(I)cc2ccsc12. The highest BCUT2D eigenvalue weighted by Crippen LogP contribution is 2.36. The highest BCUT2D eigenvalue weighted by molar-refractivity contribution is 14.1. The first-order valence-electron chi connectivity index (χ1n) is 4.53. The number of rotatable bonds is 2. The van der Waals surface area contributed by atoms with Gasteiger partial charge in [-0.1, -0.05) is 0 Å². The molecule has 2 rings (SSSR count). The van der Waals surface area contributed by atoms with Gasteiger partial charge in [0.15, 0.2) is 0 Å². The van der Waals surface area contributed by atoms with Crippen LogP contribution in [0.4, 0.5) is 0 Å². The van der Waals surface area contributed by atoms with Gasteiger partial charge in [0.05, 0.1) is 11.3 Å². The van der Waals surface area contributed by atoms with Crippen LogP contribution < -0.4 is 4.74 Å². The van der Waals surface area contributed by atoms with E-state index in [1.165, 1.54) is 19.2 Å². The van der Waals surface area contributed by atoms with Crippen molar-refractivity contribution in [3.63, 3.8) is 0 Å². The summed E-state index contributed by atoms with van der Waals surface area (Å²) in [6, 6.07) is 4.36. The fourth-order valence-corrected chi connectivity index (χ4v) is 2.97. The van der Waals surface area contributed by atoms with Crippen molar-refractivity contribution in [1.82, 2.24) is 0 Å². The van der Waals surface area contributed by atoms with E-state index in [2.05, 4.69) is 47.0 Å². The van der Waals surface area contributed by atoms with Crippen LogP contribution in [0.2, 0.25) is 0 Å². The van der Waals surface area contributed by atoms with E-state index in [-0.39, 0.29) is 0 Å². The number of hydrogen-bond acceptors (Lipinski definition) is 2. The van der Waals surface area contributed by atoms with E-state index in [4.69, 9.17) is 4.74 Å². The van der Waals surface area contributed by atoms with Gasteiger partial charge in [-0.15, -0.1) is 11.3 Å². The van der Waals surface area contributed by atoms with Gasteiger partial charge in [0.1, 0.15) is 5.75 Å². The Hall–Kier alpha value is -0.290. The topological polar surface area (TPSA) is 9.23 Å². The summed E-state index contributed by atoms with van der Waals surface area (Å²) < 4.78 is 8.24. The predicted octanol–water partition coefficient (Wildman–Crippen LogP) is 4.21. The molecule has 0 radical (unpaired) electrons. The molecule has 14 heavy (non-hydrogen) atoms. The Labute approximate surface area is 101 Å². The normalized spacial score (nSPS) is 10.8. The largest absolute Gasteiger partial charge is 0.492 e. The number of ether oxygens (including phenoxy) is 1. The van der Waals surface area contributed by atoms with E-state index in [9.17, 15) is 0 Å². The van der Waals surface area contributed by atoms with Gasteiger partial charge in [0, 0.05) is 9.13 Å². The maximum absolute atomic E-state index is 5.69. The van der Waals surface area contributed by atoms with Crippen LogP contribution in [0, 0.1) is 10.5 Å². The van der Waals surface area contributed by atoms with E-state index < -0.39 is 0 Å². The van der Waals surface area contributed by atoms with Gasteiger partial charge in [-0.3, -0.25) is 0 Å². The van der Waals surface area contributed by atoms with Crippen molar-refractivity contribution in [3.8, 4) is 5.75 Å². The van der Waals surface area contributed by atoms with Gasteiger partial charge in [-0.05, 0) is 59.3 Å². The van der Waals surface area contributed by atoms with Crippen LogP contribution in [0.1, 0.15) is 12.5 Å². The monoisotopic (exact) mass is 318 g/mol. The minimum atomic E-state index is 0.730. The van der Waals surface area contributed by atoms with Crippen molar-refractivity contribution < 1.29 is 4.74 Å². The zero-order chi connectivity index (χ0) is 10.1. The number of fused-ring (bicyclic) bond motifs is 1. The van der Waals surface area contributed by atoms with Crippen LogP contribution in [0.5, 0.6) is 5.75 Å². The van der Waals surface area contributed by atoms with Gasteiger partial charge in [0.2, 0.25) is 0 Å². The lowest BCUT2D eigenvalue weighted by Gasteiger charge is -2.09. The second-order valence-corrected chi connectivity index (χ2v) is 5.16. The highest BCUT2D eigenvalue weighted by Gasteiger charge is 2.10. The Bertz CT molecular complexity index is 462. The first kappa shape index (κ1) is 10.2. The predicted molar refractivity (Wildman–Crippen MR) is 70.4 cm³/mol. The molecule has 0 amide bonds. The first-order chi connectivity index (χ1) is 6.74. The maximum atomic E-state index is 5.69. The third kappa shape index (κ3) is 1.63. The number of thiophene rings is 1. The lowest BCUT2D eigenvalue weighted by molar-refractivity contribution is 0.342. The van der Waals surface area contributed by atoms with Gasteiger partial charge in [-0.2, -0.15) is 0 Å². The van der Waals surface area contributed by atoms with Crippen molar-refractivity contribution in [2.75, 3.05) is 6.61 Å². The Morgan fingerprint density at radius 3 is 3.00 bits per heavy atom. The molecule has 0 saturated heterocycles. The third-order valence-electron chi connectivity index (χ3n) is 2.17. The standard InChI is InChI=1S/C11H11IOS/c1-3-13-10-7(2)9(12)6-8-4-5-14-11(8)10/h4-6H,3H2,1-2H3. The molecule has 1 heterocycles. The summed E-state index contributed by atoms with van der Waals surface area (Å²) >= 11 is 4.11. The average molecular weight is 318 g/mol. The molecule has 0 bridgehead atoms. The summed E-state index contributed by atoms with van der Waals surface area (Å²) in [5.41, 5.74) is 1.25. The molecule has 3 heteroatoms. The zero-order valence-electron chi connectivity index (χ0n) is 8.13. The minimum absolute atomic E-state index is 0.730. The lowest BCUT2D eigenvalue weighted by atomic mass is 10.2. The quantitative estimate of drug-likeness (QED) is 0.754. The molecule has 2 aromatic rings. The molecule has 0 unspecified atom stereocenters. The molecule has 0 aliphatic carbocycles. The van der Waals surface area contributed by atoms with Gasteiger partial charge in [0.25, 0.3) is 0 Å². The zero-order valence-corrected chi connectivity index (χ0v) is 11.1. The second kappa shape index (κ2) is 4.06. The number of hydrogen-bond donors (Lipinski definition) is 0. The van der Waals surface area contributed by atoms with Crippen LogP contribution in [0.15, 0.2) is 17.5 Å². The molecular weight excluding hydrogens is 307 g/mol. The van der Waals surface area contributed by atoms with Gasteiger partial charge >= 0.3 is 0 Å². The molecule has 1 aromatic carbocycles. The molecule has 0 aliphatic rings. The Morgan fingerprint density at radius 2 is 2.29 bits per heavy atom. The minimum Gasteiger partial charge on any atom is -0.492 e. The molecular formula is C11H11IOS. The van der Waals surface area contributed by atoms with E-state index in [1.54, 1.807) is 11.3 Å². The van der Waals surface area contributed by atoms with Crippen LogP contribution in [-0.4, -0.2) is 6.61 Å². The van der Waals surface area contributed by atoms with Crippen LogP contribution in [-0.2, 0) is 0 Å². The fraction of sp³-hybridized carbons (Fsp3) is 0.273. The first-order valence-corrected chi connectivity index (χ1v) is 6.49. The molecule has 1 aromatic heterocycles. The maximum Gasteiger partial charge on any atom is 0.141 e. The third-order valence-corrected chi connectivity index (χ3v) is 4.22. The second-order valence-electron chi connectivity index (χ2n) is 3.08. The van der Waals surface area contributed by atoms with Crippen molar-refractivity contribution in [2.24, 2.45) is 0 Å². The Kier molecular flexibility index (Phi) is 2.97. The van der Waals surface area contributed by atoms with Crippen LogP contribution in [0.3, 0.4) is 0 Å². The summed E-state index contributed by atoms with van der Waals surface area (Å²) in [5, 5.41) is 3.40. The van der Waals surface area contributed by atoms with Crippen molar-refractivity contribution in [2.45, 2.75) is 13.8 Å². The summed E-state index contributed by atoms with van der Waals surface area (Å²) in [6.07, 6.45) is 0. The molecule has 1 nitrogen and oxygen atoms in total. The summed E-state index contributed by atoms with van der Waals surface area (Å²) in [4.78, 5) is 0. The number of benzene rings is 1. The van der Waals surface area contributed by atoms with E-state index in [0.717, 1.165) is 12.4 Å². The molecule has 0 aliphatic heterocycles. The summed E-state index contributed by atoms with van der Waals surface area (Å²) in [5.74, 6) is 1.06. The smallest absolute Gasteiger partial charge is 0.141 e. The molecule has 0 fully saturated rings. The Morgan fingerprint density at radius 1 is 1.50 bits per heavy atom. The summed E-state index contributed by atoms with van der Waals surface area (Å²) in [6.45, 7) is 4.87. The lowest BCUT2D eigenvalue weighted by Crippen LogP contribution is -1.95. The molecule has 74 valence electrons. The van der Waals surface area contributed by atoms with Crippen molar-refractivity contribution in [3.05, 3.63) is 26.6 Å². The van der Waals surface area contributed by atoms with E-state index >= 15 is 0 Å². The fourth-order valence-electron chi connectivity index (χ4n) is 1.46. The summed E-state index contributed by atoms with van der Waals surface area (Å²) in [7, 11) is 0. The molecule has 0 saturated carbocycles. The molecule has 0 spiro atoms. The van der Waals surface area contributed by atoms with Crippen LogP contribution >= 0.6 is 33.9 Å². The van der Waals surface area contributed by atoms with Crippen LogP contribution in [0.25, 0.3) is 10.1 Å². The highest BCUT2D eigenvalue weighted by atomic mass is 127. The van der Waals surface area contributed by atoms with E-state index in [0.29, 0.717) is 0 Å². The van der Waals surface area contributed by atoms with Crippen molar-refractivity contribution >= 4 is 44.0 Å². The van der Waals surface area contributed by atoms with Crippen molar-refractivity contribution in [1.29, 1.82) is 0 Å². The molecule has 0 N–H and O–H groups in total. The van der Waals surface area contributed by atoms with E-state index in [1.807, 2.05) is 6.92 Å².